The van der Waals surface area contributed by atoms with Gasteiger partial charge in [-0.25, -0.2) is 4.39 Å². The van der Waals surface area contributed by atoms with Crippen molar-refractivity contribution in [1.82, 2.24) is 15.1 Å². The Kier molecular flexibility index (Phi) is 8.08. The molecule has 162 valence electrons. The van der Waals surface area contributed by atoms with Crippen molar-refractivity contribution in [1.29, 1.82) is 0 Å². The van der Waals surface area contributed by atoms with E-state index in [9.17, 15) is 9.18 Å². The SMILES string of the molecule is CN(C)CCNC(=O)c1ccc(OC2CCN(Cc3ccccc3F)CC2)c(Cl)c1. The van der Waals surface area contributed by atoms with E-state index in [1.807, 2.05) is 31.1 Å². The van der Waals surface area contributed by atoms with Crippen LogP contribution in [0.15, 0.2) is 42.5 Å². The number of likely N-dealkylation sites (N-methyl/N-ethyl adjacent to an activating group) is 1. The van der Waals surface area contributed by atoms with Crippen molar-refractivity contribution in [3.05, 3.63) is 64.4 Å². The number of carbonyl (C=O) groups excluding carboxylic acids is 1. The smallest absolute Gasteiger partial charge is 0.251 e. The summed E-state index contributed by atoms with van der Waals surface area (Å²) in [6, 6.07) is 12.0. The lowest BCUT2D eigenvalue weighted by Crippen LogP contribution is -2.38. The minimum Gasteiger partial charge on any atom is -0.489 e. The highest BCUT2D eigenvalue weighted by Gasteiger charge is 2.22. The van der Waals surface area contributed by atoms with Crippen LogP contribution in [0.4, 0.5) is 4.39 Å². The predicted octanol–water partition coefficient (Wildman–Crippen LogP) is 3.81. The van der Waals surface area contributed by atoms with E-state index in [1.54, 1.807) is 24.3 Å². The second-order valence-electron chi connectivity index (χ2n) is 7.89. The number of benzene rings is 2. The molecule has 0 radical (unpaired) electrons. The fourth-order valence-electron chi connectivity index (χ4n) is 3.47. The number of piperidine rings is 1. The van der Waals surface area contributed by atoms with E-state index in [0.29, 0.717) is 29.4 Å². The highest BCUT2D eigenvalue weighted by Crippen LogP contribution is 2.29. The predicted molar refractivity (Wildman–Crippen MR) is 118 cm³/mol. The number of carbonyl (C=O) groups is 1. The number of hydrogen-bond donors (Lipinski definition) is 1. The van der Waals surface area contributed by atoms with Crippen molar-refractivity contribution >= 4 is 17.5 Å². The number of amides is 1. The van der Waals surface area contributed by atoms with Crippen LogP contribution in [0, 0.1) is 5.82 Å². The Balaban J connectivity index is 1.49. The van der Waals surface area contributed by atoms with Gasteiger partial charge in [0, 0.05) is 43.9 Å². The van der Waals surface area contributed by atoms with Crippen LogP contribution >= 0.6 is 11.6 Å². The normalized spacial score (nSPS) is 15.4. The fraction of sp³-hybridized carbons (Fsp3) is 0.435. The molecule has 2 aromatic rings. The van der Waals surface area contributed by atoms with Gasteiger partial charge in [-0.1, -0.05) is 29.8 Å². The van der Waals surface area contributed by atoms with Gasteiger partial charge in [-0.15, -0.1) is 0 Å². The third-order valence-electron chi connectivity index (χ3n) is 5.22. The Morgan fingerprint density at radius 1 is 1.23 bits per heavy atom. The van der Waals surface area contributed by atoms with Crippen LogP contribution in [-0.2, 0) is 6.54 Å². The van der Waals surface area contributed by atoms with Crippen LogP contribution in [0.25, 0.3) is 0 Å². The van der Waals surface area contributed by atoms with E-state index in [0.717, 1.165) is 38.0 Å². The summed E-state index contributed by atoms with van der Waals surface area (Å²) in [6.07, 6.45) is 1.74. The molecule has 0 bridgehead atoms. The Morgan fingerprint density at radius 3 is 2.63 bits per heavy atom. The number of nitrogens with one attached hydrogen (secondary N) is 1. The average molecular weight is 434 g/mol. The molecule has 30 heavy (non-hydrogen) atoms. The lowest BCUT2D eigenvalue weighted by atomic mass is 10.1. The third-order valence-corrected chi connectivity index (χ3v) is 5.51. The largest absolute Gasteiger partial charge is 0.489 e. The molecule has 1 aliphatic heterocycles. The van der Waals surface area contributed by atoms with Gasteiger partial charge in [-0.2, -0.15) is 0 Å². The molecular weight excluding hydrogens is 405 g/mol. The molecule has 7 heteroatoms. The van der Waals surface area contributed by atoms with E-state index in [1.165, 1.54) is 6.07 Å². The number of likely N-dealkylation sites (tertiary alicyclic amines) is 1. The van der Waals surface area contributed by atoms with Gasteiger partial charge in [-0.3, -0.25) is 9.69 Å². The van der Waals surface area contributed by atoms with Crippen molar-refractivity contribution in [3.63, 3.8) is 0 Å². The monoisotopic (exact) mass is 433 g/mol. The quantitative estimate of drug-likeness (QED) is 0.687. The van der Waals surface area contributed by atoms with Crippen molar-refractivity contribution in [3.8, 4) is 5.75 Å². The van der Waals surface area contributed by atoms with Crippen LogP contribution in [0.5, 0.6) is 5.75 Å². The van der Waals surface area contributed by atoms with Gasteiger partial charge in [0.2, 0.25) is 0 Å². The van der Waals surface area contributed by atoms with Crippen molar-refractivity contribution in [2.45, 2.75) is 25.5 Å². The van der Waals surface area contributed by atoms with Crippen LogP contribution in [-0.4, -0.2) is 62.1 Å². The molecule has 3 rings (SSSR count). The molecular formula is C23H29ClFN3O2. The Morgan fingerprint density at radius 2 is 1.97 bits per heavy atom. The summed E-state index contributed by atoms with van der Waals surface area (Å²) in [4.78, 5) is 16.5. The molecule has 0 aliphatic carbocycles. The zero-order chi connectivity index (χ0) is 21.5. The van der Waals surface area contributed by atoms with Crippen molar-refractivity contribution < 1.29 is 13.9 Å². The highest BCUT2D eigenvalue weighted by molar-refractivity contribution is 6.32. The molecule has 2 aromatic carbocycles. The third kappa shape index (κ3) is 6.42. The molecule has 1 saturated heterocycles. The Labute approximate surface area is 182 Å². The minimum atomic E-state index is -0.159. The molecule has 0 saturated carbocycles. The number of nitrogens with zero attached hydrogens (tertiary/aromatic N) is 2. The second-order valence-corrected chi connectivity index (χ2v) is 8.30. The summed E-state index contributed by atoms with van der Waals surface area (Å²) < 4.78 is 19.9. The summed E-state index contributed by atoms with van der Waals surface area (Å²) in [5, 5.41) is 3.31. The van der Waals surface area contributed by atoms with Gasteiger partial charge < -0.3 is 15.0 Å². The second kappa shape index (κ2) is 10.8. The first-order valence-corrected chi connectivity index (χ1v) is 10.6. The zero-order valence-electron chi connectivity index (χ0n) is 17.5. The number of rotatable bonds is 8. The minimum absolute atomic E-state index is 0.0548. The molecule has 5 nitrogen and oxygen atoms in total. The molecule has 1 amide bonds. The first kappa shape index (κ1) is 22.5. The van der Waals surface area contributed by atoms with E-state index in [-0.39, 0.29) is 17.8 Å². The van der Waals surface area contributed by atoms with Gasteiger partial charge in [0.1, 0.15) is 17.7 Å². The summed E-state index contributed by atoms with van der Waals surface area (Å²) >= 11 is 6.37. The Hall–Kier alpha value is -2.15. The molecule has 0 atom stereocenters. The van der Waals surface area contributed by atoms with Gasteiger partial charge in [0.25, 0.3) is 5.91 Å². The van der Waals surface area contributed by atoms with E-state index in [4.69, 9.17) is 16.3 Å². The number of halogens is 2. The molecule has 0 aromatic heterocycles. The fourth-order valence-corrected chi connectivity index (χ4v) is 3.69. The summed E-state index contributed by atoms with van der Waals surface area (Å²) in [5.74, 6) is 0.286. The molecule has 0 unspecified atom stereocenters. The average Bonchev–Trinajstić information content (AvgIpc) is 2.72. The van der Waals surface area contributed by atoms with Crippen molar-refractivity contribution in [2.24, 2.45) is 0 Å². The Bertz CT molecular complexity index is 854. The van der Waals surface area contributed by atoms with Crippen LogP contribution in [0.1, 0.15) is 28.8 Å². The van der Waals surface area contributed by atoms with E-state index >= 15 is 0 Å². The van der Waals surface area contributed by atoms with Gasteiger partial charge in [0.05, 0.1) is 5.02 Å². The van der Waals surface area contributed by atoms with E-state index < -0.39 is 0 Å². The zero-order valence-corrected chi connectivity index (χ0v) is 18.3. The summed E-state index contributed by atoms with van der Waals surface area (Å²) in [6.45, 7) is 3.63. The summed E-state index contributed by atoms with van der Waals surface area (Å²) in [7, 11) is 3.92. The van der Waals surface area contributed by atoms with Gasteiger partial charge in [-0.05, 0) is 51.2 Å². The topological polar surface area (TPSA) is 44.8 Å². The molecule has 1 heterocycles. The maximum atomic E-state index is 13.9. The highest BCUT2D eigenvalue weighted by atomic mass is 35.5. The molecule has 0 spiro atoms. The van der Waals surface area contributed by atoms with Crippen LogP contribution in [0.3, 0.4) is 0 Å². The maximum absolute atomic E-state index is 13.9. The summed E-state index contributed by atoms with van der Waals surface area (Å²) in [5.41, 5.74) is 1.24. The number of hydrogen-bond acceptors (Lipinski definition) is 4. The lowest BCUT2D eigenvalue weighted by molar-refractivity contribution is 0.0947. The first-order valence-electron chi connectivity index (χ1n) is 10.3. The lowest BCUT2D eigenvalue weighted by Gasteiger charge is -2.32. The van der Waals surface area contributed by atoms with Crippen LogP contribution in [0.2, 0.25) is 5.02 Å². The first-order chi connectivity index (χ1) is 14.4. The molecule has 1 fully saturated rings. The van der Waals surface area contributed by atoms with Crippen molar-refractivity contribution in [2.75, 3.05) is 40.3 Å². The van der Waals surface area contributed by atoms with Crippen LogP contribution < -0.4 is 10.1 Å². The van der Waals surface area contributed by atoms with E-state index in [2.05, 4.69) is 10.2 Å². The van der Waals surface area contributed by atoms with Gasteiger partial charge in [0.15, 0.2) is 0 Å². The molecule has 1 N–H and O–H groups in total. The number of ether oxygens (including phenoxy) is 1. The molecule has 1 aliphatic rings. The standard InChI is InChI=1S/C23H29ClFN3O2/c1-27(2)14-11-26-23(29)17-7-8-22(20(24)15-17)30-19-9-12-28(13-10-19)16-18-5-3-4-6-21(18)25/h3-8,15,19H,9-14,16H2,1-2H3,(H,26,29). The van der Waals surface area contributed by atoms with Gasteiger partial charge >= 0.3 is 0 Å². The maximum Gasteiger partial charge on any atom is 0.251 e.